The van der Waals surface area contributed by atoms with Gasteiger partial charge in [-0.25, -0.2) is 17.7 Å². The Morgan fingerprint density at radius 1 is 1.45 bits per heavy atom. The van der Waals surface area contributed by atoms with E-state index in [1.165, 1.54) is 21.9 Å². The highest BCUT2D eigenvalue weighted by molar-refractivity contribution is 7.88. The van der Waals surface area contributed by atoms with Gasteiger partial charge in [-0.3, -0.25) is 4.79 Å². The van der Waals surface area contributed by atoms with E-state index >= 15 is 0 Å². The topological polar surface area (TPSA) is 79.4 Å². The monoisotopic (exact) mass is 317 g/mol. The van der Waals surface area contributed by atoms with E-state index in [1.807, 2.05) is 13.8 Å². The van der Waals surface area contributed by atoms with Gasteiger partial charge < -0.3 is 5.32 Å². The molecule has 1 unspecified atom stereocenters. The number of nitrogens with zero attached hydrogens (tertiary/aromatic N) is 2. The first-order valence-electron chi connectivity index (χ1n) is 6.47. The highest BCUT2D eigenvalue weighted by atomic mass is 32.2. The molecule has 0 spiro atoms. The molecule has 0 aliphatic carbocycles. The van der Waals surface area contributed by atoms with Crippen molar-refractivity contribution in [2.24, 2.45) is 5.92 Å². The van der Waals surface area contributed by atoms with Crippen LogP contribution in [0.15, 0.2) is 0 Å². The fourth-order valence-corrected chi connectivity index (χ4v) is 3.92. The van der Waals surface area contributed by atoms with E-state index in [1.54, 1.807) is 0 Å². The molecule has 20 heavy (non-hydrogen) atoms. The first kappa shape index (κ1) is 15.4. The zero-order valence-electron chi connectivity index (χ0n) is 11.8. The minimum Gasteiger partial charge on any atom is -0.302 e. The summed E-state index contributed by atoms with van der Waals surface area (Å²) < 4.78 is 24.5. The van der Waals surface area contributed by atoms with Gasteiger partial charge in [0.15, 0.2) is 5.13 Å². The predicted molar refractivity (Wildman–Crippen MR) is 79.4 cm³/mol. The summed E-state index contributed by atoms with van der Waals surface area (Å²) in [6.45, 7) is 4.61. The number of carbonyl (C=O) groups excluding carboxylic acids is 1. The summed E-state index contributed by atoms with van der Waals surface area (Å²) in [5.41, 5.74) is 0.909. The fourth-order valence-electron chi connectivity index (χ4n) is 2.19. The summed E-state index contributed by atoms with van der Waals surface area (Å²) in [4.78, 5) is 17.5. The number of aromatic nitrogens is 1. The molecule has 2 heterocycles. The Labute approximate surface area is 123 Å². The maximum absolute atomic E-state index is 12.2. The molecule has 1 N–H and O–H groups in total. The number of hydrogen-bond acceptors (Lipinski definition) is 5. The smallest absolute Gasteiger partial charge is 0.230 e. The molecular weight excluding hydrogens is 298 g/mol. The molecule has 0 radical (unpaired) electrons. The van der Waals surface area contributed by atoms with Crippen LogP contribution < -0.4 is 5.32 Å². The van der Waals surface area contributed by atoms with Crippen molar-refractivity contribution in [1.29, 1.82) is 0 Å². The van der Waals surface area contributed by atoms with Crippen molar-refractivity contribution in [3.05, 3.63) is 10.6 Å². The molecule has 1 aromatic heterocycles. The number of hydrogen-bond donors (Lipinski definition) is 1. The summed E-state index contributed by atoms with van der Waals surface area (Å²) in [6.07, 6.45) is 2.60. The first-order chi connectivity index (χ1) is 9.27. The lowest BCUT2D eigenvalue weighted by molar-refractivity contribution is -0.120. The number of anilines is 1. The van der Waals surface area contributed by atoms with Crippen LogP contribution in [-0.4, -0.2) is 43.0 Å². The molecule has 112 valence electrons. The zero-order chi connectivity index (χ0) is 14.9. The van der Waals surface area contributed by atoms with Gasteiger partial charge in [-0.05, 0) is 26.7 Å². The second-order valence-electron chi connectivity index (χ2n) is 5.11. The first-order valence-corrected chi connectivity index (χ1v) is 9.14. The maximum Gasteiger partial charge on any atom is 0.230 e. The molecule has 8 heteroatoms. The van der Waals surface area contributed by atoms with Crippen LogP contribution in [0.2, 0.25) is 0 Å². The minimum absolute atomic E-state index is 0.146. The number of amides is 1. The lowest BCUT2D eigenvalue weighted by Gasteiger charge is -2.29. The Morgan fingerprint density at radius 3 is 2.70 bits per heavy atom. The van der Waals surface area contributed by atoms with Crippen molar-refractivity contribution in [2.75, 3.05) is 24.7 Å². The van der Waals surface area contributed by atoms with E-state index in [-0.39, 0.29) is 18.4 Å². The second kappa shape index (κ2) is 5.79. The van der Waals surface area contributed by atoms with Crippen molar-refractivity contribution in [1.82, 2.24) is 9.29 Å². The number of aryl methyl sites for hydroxylation is 2. The summed E-state index contributed by atoms with van der Waals surface area (Å²) >= 11 is 1.44. The van der Waals surface area contributed by atoms with Crippen LogP contribution >= 0.6 is 11.3 Å². The Kier molecular flexibility index (Phi) is 4.46. The van der Waals surface area contributed by atoms with E-state index in [4.69, 9.17) is 0 Å². The molecule has 0 aromatic carbocycles. The molecule has 1 aromatic rings. The molecule has 0 saturated carbocycles. The van der Waals surface area contributed by atoms with E-state index in [0.29, 0.717) is 24.5 Å². The summed E-state index contributed by atoms with van der Waals surface area (Å²) in [5, 5.41) is 3.38. The van der Waals surface area contributed by atoms with Gasteiger partial charge in [0.05, 0.1) is 17.9 Å². The Bertz CT molecular complexity index is 590. The summed E-state index contributed by atoms with van der Waals surface area (Å²) in [7, 11) is -3.23. The van der Waals surface area contributed by atoms with Crippen molar-refractivity contribution >= 4 is 32.4 Å². The lowest BCUT2D eigenvalue weighted by Crippen LogP contribution is -2.43. The van der Waals surface area contributed by atoms with Crippen LogP contribution in [0.25, 0.3) is 0 Å². The third kappa shape index (κ3) is 3.56. The number of sulfonamides is 1. The van der Waals surface area contributed by atoms with Crippen LogP contribution in [0.1, 0.15) is 23.4 Å². The Morgan fingerprint density at radius 2 is 2.15 bits per heavy atom. The standard InChI is InChI=1S/C12H19N3O3S2/c1-8-9(2)19-12(13-8)14-11(16)10-5-4-6-15(7-10)20(3,17)18/h10H,4-7H2,1-3H3,(H,13,14,16). The van der Waals surface area contributed by atoms with Gasteiger partial charge in [0.1, 0.15) is 0 Å². The van der Waals surface area contributed by atoms with Gasteiger partial charge >= 0.3 is 0 Å². The van der Waals surface area contributed by atoms with Gasteiger partial charge in [0, 0.05) is 18.0 Å². The number of carbonyl (C=O) groups is 1. The van der Waals surface area contributed by atoms with E-state index in [2.05, 4.69) is 10.3 Å². The Hall–Kier alpha value is -0.990. The number of rotatable bonds is 3. The van der Waals surface area contributed by atoms with Gasteiger partial charge in [0.2, 0.25) is 15.9 Å². The van der Waals surface area contributed by atoms with Crippen molar-refractivity contribution in [2.45, 2.75) is 26.7 Å². The van der Waals surface area contributed by atoms with E-state index in [0.717, 1.165) is 10.6 Å². The molecule has 1 amide bonds. The van der Waals surface area contributed by atoms with E-state index in [9.17, 15) is 13.2 Å². The molecule has 1 fully saturated rings. The Balaban J connectivity index is 2.02. The minimum atomic E-state index is -3.23. The molecule has 1 aliphatic rings. The lowest BCUT2D eigenvalue weighted by atomic mass is 9.99. The molecule has 0 bridgehead atoms. The van der Waals surface area contributed by atoms with Crippen molar-refractivity contribution in [3.8, 4) is 0 Å². The van der Waals surface area contributed by atoms with Gasteiger partial charge in [-0.2, -0.15) is 0 Å². The largest absolute Gasteiger partial charge is 0.302 e. The normalized spacial score (nSPS) is 20.9. The average Bonchev–Trinajstić information content (AvgIpc) is 2.67. The number of thiazole rings is 1. The number of nitrogens with one attached hydrogen (secondary N) is 1. The SMILES string of the molecule is Cc1nc(NC(=O)C2CCCN(S(C)(=O)=O)C2)sc1C. The molecule has 1 saturated heterocycles. The number of piperidine rings is 1. The molecule has 1 aliphatic heterocycles. The predicted octanol–water partition coefficient (Wildman–Crippen LogP) is 1.37. The van der Waals surface area contributed by atoms with Gasteiger partial charge in [-0.1, -0.05) is 0 Å². The van der Waals surface area contributed by atoms with Crippen LogP contribution in [0, 0.1) is 19.8 Å². The highest BCUT2D eigenvalue weighted by Crippen LogP contribution is 2.24. The van der Waals surface area contributed by atoms with Crippen LogP contribution in [-0.2, 0) is 14.8 Å². The van der Waals surface area contributed by atoms with Crippen LogP contribution in [0.3, 0.4) is 0 Å². The fraction of sp³-hybridized carbons (Fsp3) is 0.667. The van der Waals surface area contributed by atoms with Crippen LogP contribution in [0.4, 0.5) is 5.13 Å². The molecule has 6 nitrogen and oxygen atoms in total. The van der Waals surface area contributed by atoms with Crippen LogP contribution in [0.5, 0.6) is 0 Å². The molecular formula is C12H19N3O3S2. The summed E-state index contributed by atoms with van der Waals surface area (Å²) in [6, 6.07) is 0. The van der Waals surface area contributed by atoms with Crippen molar-refractivity contribution in [3.63, 3.8) is 0 Å². The van der Waals surface area contributed by atoms with Gasteiger partial charge in [-0.15, -0.1) is 11.3 Å². The maximum atomic E-state index is 12.2. The molecule has 2 rings (SSSR count). The average molecular weight is 317 g/mol. The van der Waals surface area contributed by atoms with E-state index < -0.39 is 10.0 Å². The van der Waals surface area contributed by atoms with Crippen molar-refractivity contribution < 1.29 is 13.2 Å². The second-order valence-corrected chi connectivity index (χ2v) is 8.30. The quantitative estimate of drug-likeness (QED) is 0.913. The zero-order valence-corrected chi connectivity index (χ0v) is 13.5. The third-order valence-corrected chi connectivity index (χ3v) is 5.74. The van der Waals surface area contributed by atoms with Gasteiger partial charge in [0.25, 0.3) is 0 Å². The third-order valence-electron chi connectivity index (χ3n) is 3.48. The summed E-state index contributed by atoms with van der Waals surface area (Å²) in [5.74, 6) is -0.449. The molecule has 1 atom stereocenters. The highest BCUT2D eigenvalue weighted by Gasteiger charge is 2.30.